The van der Waals surface area contributed by atoms with Crippen LogP contribution in [0.15, 0.2) is 23.7 Å². The van der Waals surface area contributed by atoms with Crippen LogP contribution in [0.1, 0.15) is 26.2 Å². The summed E-state index contributed by atoms with van der Waals surface area (Å²) >= 11 is 0. The third kappa shape index (κ3) is 1.52. The molecule has 78 valence electrons. The molecule has 2 rings (SSSR count). The number of ether oxygens (including phenoxy) is 3. The first-order valence-electron chi connectivity index (χ1n) is 5.01. The van der Waals surface area contributed by atoms with Gasteiger partial charge in [-0.3, -0.25) is 0 Å². The van der Waals surface area contributed by atoms with Crippen molar-refractivity contribution in [3.8, 4) is 0 Å². The lowest BCUT2D eigenvalue weighted by atomic mass is 10.1. The smallest absolute Gasteiger partial charge is 0.271 e. The Hall–Kier alpha value is -0.960. The van der Waals surface area contributed by atoms with Crippen molar-refractivity contribution in [1.29, 1.82) is 0 Å². The van der Waals surface area contributed by atoms with Crippen LogP contribution in [0.2, 0.25) is 0 Å². The molecule has 14 heavy (non-hydrogen) atoms. The molecule has 2 aliphatic heterocycles. The highest BCUT2D eigenvalue weighted by atomic mass is 16.7. The van der Waals surface area contributed by atoms with E-state index in [4.69, 9.17) is 14.2 Å². The van der Waals surface area contributed by atoms with E-state index in [1.54, 1.807) is 7.11 Å². The van der Waals surface area contributed by atoms with E-state index in [9.17, 15) is 0 Å². The molecule has 0 radical (unpaired) electrons. The van der Waals surface area contributed by atoms with Crippen LogP contribution in [0, 0.1) is 0 Å². The lowest BCUT2D eigenvalue weighted by Crippen LogP contribution is -2.35. The summed E-state index contributed by atoms with van der Waals surface area (Å²) in [6.07, 6.45) is 6.96. The maximum Gasteiger partial charge on any atom is 0.271 e. The van der Waals surface area contributed by atoms with Crippen LogP contribution in [0.4, 0.5) is 0 Å². The quantitative estimate of drug-likeness (QED) is 0.678. The van der Waals surface area contributed by atoms with Gasteiger partial charge < -0.3 is 14.2 Å². The molecular formula is C11H16O3. The van der Waals surface area contributed by atoms with Crippen molar-refractivity contribution in [2.45, 2.75) is 32.0 Å². The molecule has 0 saturated heterocycles. The van der Waals surface area contributed by atoms with Gasteiger partial charge in [-0.2, -0.15) is 0 Å². The fraction of sp³-hybridized carbons (Fsp3) is 0.636. The predicted octanol–water partition coefficient (Wildman–Crippen LogP) is 2.35. The van der Waals surface area contributed by atoms with Crippen LogP contribution in [0.25, 0.3) is 0 Å². The van der Waals surface area contributed by atoms with Gasteiger partial charge in [0, 0.05) is 13.5 Å². The van der Waals surface area contributed by atoms with Crippen molar-refractivity contribution >= 4 is 0 Å². The summed E-state index contributed by atoms with van der Waals surface area (Å²) in [7, 11) is 1.66. The summed E-state index contributed by atoms with van der Waals surface area (Å²) in [5.41, 5.74) is 0. The van der Waals surface area contributed by atoms with Crippen LogP contribution in [-0.4, -0.2) is 19.5 Å². The number of hydrogen-bond acceptors (Lipinski definition) is 3. The van der Waals surface area contributed by atoms with Gasteiger partial charge >= 0.3 is 0 Å². The van der Waals surface area contributed by atoms with Gasteiger partial charge in [-0.05, 0) is 31.9 Å². The van der Waals surface area contributed by atoms with Gasteiger partial charge in [0.1, 0.15) is 0 Å². The molecule has 0 N–H and O–H groups in total. The molecule has 1 unspecified atom stereocenters. The molecule has 0 saturated carbocycles. The topological polar surface area (TPSA) is 27.7 Å². The first-order valence-corrected chi connectivity index (χ1v) is 5.01. The molecule has 3 nitrogen and oxygen atoms in total. The third-order valence-corrected chi connectivity index (χ3v) is 2.63. The van der Waals surface area contributed by atoms with E-state index in [0.29, 0.717) is 0 Å². The van der Waals surface area contributed by atoms with Gasteiger partial charge in [0.15, 0.2) is 5.76 Å². The van der Waals surface area contributed by atoms with Gasteiger partial charge in [0.05, 0.1) is 12.4 Å². The number of hydrogen-bond donors (Lipinski definition) is 0. The van der Waals surface area contributed by atoms with Crippen molar-refractivity contribution in [2.75, 3.05) is 13.7 Å². The van der Waals surface area contributed by atoms with Crippen LogP contribution in [0.5, 0.6) is 0 Å². The molecule has 0 fully saturated rings. The Labute approximate surface area is 84.3 Å². The Morgan fingerprint density at radius 3 is 2.79 bits per heavy atom. The summed E-state index contributed by atoms with van der Waals surface area (Å²) < 4.78 is 16.7. The minimum absolute atomic E-state index is 0.676. The van der Waals surface area contributed by atoms with E-state index in [1.807, 2.05) is 13.0 Å². The minimum atomic E-state index is -0.676. The van der Waals surface area contributed by atoms with Crippen LogP contribution < -0.4 is 0 Å². The summed E-state index contributed by atoms with van der Waals surface area (Å²) in [6, 6.07) is 0. The Morgan fingerprint density at radius 2 is 2.29 bits per heavy atom. The maximum atomic E-state index is 5.68. The summed E-state index contributed by atoms with van der Waals surface area (Å²) in [4.78, 5) is 0. The highest BCUT2D eigenvalue weighted by Gasteiger charge is 2.41. The van der Waals surface area contributed by atoms with E-state index < -0.39 is 5.79 Å². The van der Waals surface area contributed by atoms with Crippen LogP contribution >= 0.6 is 0 Å². The van der Waals surface area contributed by atoms with Gasteiger partial charge in [0.25, 0.3) is 5.79 Å². The molecule has 1 atom stereocenters. The fourth-order valence-electron chi connectivity index (χ4n) is 1.82. The minimum Gasteiger partial charge on any atom is -0.491 e. The molecule has 0 aliphatic carbocycles. The maximum absolute atomic E-state index is 5.68. The molecule has 0 amide bonds. The molecule has 0 aromatic heterocycles. The molecule has 0 spiro atoms. The monoisotopic (exact) mass is 196 g/mol. The molecule has 0 bridgehead atoms. The van der Waals surface area contributed by atoms with Crippen LogP contribution in [-0.2, 0) is 14.2 Å². The third-order valence-electron chi connectivity index (χ3n) is 2.63. The van der Waals surface area contributed by atoms with Gasteiger partial charge in [0.2, 0.25) is 0 Å². The highest BCUT2D eigenvalue weighted by Crippen LogP contribution is 2.37. The number of rotatable bonds is 2. The SMILES string of the molecule is COC1(C2=CCCCO2)CC=C(C)O1. The molecule has 3 heteroatoms. The lowest BCUT2D eigenvalue weighted by molar-refractivity contribution is -0.182. The zero-order chi connectivity index (χ0) is 10.0. The zero-order valence-electron chi connectivity index (χ0n) is 8.71. The molecule has 2 heterocycles. The van der Waals surface area contributed by atoms with Crippen molar-refractivity contribution < 1.29 is 14.2 Å². The standard InChI is InChI=1S/C11H16O3/c1-9-6-7-11(12-2,14-9)10-5-3-4-8-13-10/h5-6H,3-4,7-8H2,1-2H3. The second-order valence-corrected chi connectivity index (χ2v) is 3.64. The van der Waals surface area contributed by atoms with Crippen molar-refractivity contribution in [3.05, 3.63) is 23.7 Å². The van der Waals surface area contributed by atoms with Gasteiger partial charge in [-0.15, -0.1) is 0 Å². The van der Waals surface area contributed by atoms with E-state index in [0.717, 1.165) is 37.4 Å². The van der Waals surface area contributed by atoms with Gasteiger partial charge in [-0.1, -0.05) is 0 Å². The van der Waals surface area contributed by atoms with Crippen LogP contribution in [0.3, 0.4) is 0 Å². The Balaban J connectivity index is 2.17. The average molecular weight is 196 g/mol. The summed E-state index contributed by atoms with van der Waals surface area (Å²) in [5, 5.41) is 0. The Bertz CT molecular complexity index is 280. The van der Waals surface area contributed by atoms with E-state index in [1.165, 1.54) is 0 Å². The molecular weight excluding hydrogens is 180 g/mol. The average Bonchev–Trinajstić information content (AvgIpc) is 2.63. The Morgan fingerprint density at radius 1 is 1.43 bits per heavy atom. The number of methoxy groups -OCH3 is 1. The molecule has 2 aliphatic rings. The lowest BCUT2D eigenvalue weighted by Gasteiger charge is -2.31. The first-order chi connectivity index (χ1) is 6.77. The van der Waals surface area contributed by atoms with Gasteiger partial charge in [-0.25, -0.2) is 0 Å². The first kappa shape index (κ1) is 9.59. The highest BCUT2D eigenvalue weighted by molar-refractivity contribution is 5.17. The second kappa shape index (κ2) is 3.65. The van der Waals surface area contributed by atoms with E-state index in [2.05, 4.69) is 6.08 Å². The Kier molecular flexibility index (Phi) is 2.50. The van der Waals surface area contributed by atoms with Crippen molar-refractivity contribution in [1.82, 2.24) is 0 Å². The van der Waals surface area contributed by atoms with Crippen molar-refractivity contribution in [2.24, 2.45) is 0 Å². The summed E-state index contributed by atoms with van der Waals surface area (Å²) in [5.74, 6) is 1.06. The van der Waals surface area contributed by atoms with E-state index in [-0.39, 0.29) is 0 Å². The predicted molar refractivity (Wildman–Crippen MR) is 52.5 cm³/mol. The van der Waals surface area contributed by atoms with E-state index >= 15 is 0 Å². The normalized spacial score (nSPS) is 31.6. The summed E-state index contributed by atoms with van der Waals surface area (Å²) in [6.45, 7) is 2.70. The van der Waals surface area contributed by atoms with Crippen molar-refractivity contribution in [3.63, 3.8) is 0 Å². The number of allylic oxidation sites excluding steroid dienone is 2. The molecule has 0 aromatic carbocycles. The second-order valence-electron chi connectivity index (χ2n) is 3.64. The largest absolute Gasteiger partial charge is 0.491 e. The zero-order valence-corrected chi connectivity index (χ0v) is 8.71. The molecule has 0 aromatic rings. The fourth-order valence-corrected chi connectivity index (χ4v) is 1.82.